The maximum atomic E-state index is 3.16. The lowest BCUT2D eigenvalue weighted by Gasteiger charge is -2.05. The second kappa shape index (κ2) is 4.84. The Morgan fingerprint density at radius 2 is 1.69 bits per heavy atom. The van der Waals surface area contributed by atoms with Gasteiger partial charge in [-0.25, -0.2) is 0 Å². The van der Waals surface area contributed by atoms with E-state index in [2.05, 4.69) is 60.8 Å². The zero-order chi connectivity index (χ0) is 11.4. The van der Waals surface area contributed by atoms with E-state index in [1.807, 2.05) is 7.05 Å². The summed E-state index contributed by atoms with van der Waals surface area (Å²) in [6, 6.07) is 17.3. The third kappa shape index (κ3) is 2.63. The fourth-order valence-electron chi connectivity index (χ4n) is 1.78. The lowest BCUT2D eigenvalue weighted by atomic mass is 10.0. The van der Waals surface area contributed by atoms with Crippen molar-refractivity contribution in [3.05, 3.63) is 65.2 Å². The fraction of sp³-hybridized carbons (Fsp3) is 0.200. The van der Waals surface area contributed by atoms with Gasteiger partial charge in [-0.2, -0.15) is 0 Å². The fourth-order valence-corrected chi connectivity index (χ4v) is 1.78. The van der Waals surface area contributed by atoms with Crippen molar-refractivity contribution in [3.8, 4) is 0 Å². The van der Waals surface area contributed by atoms with Crippen LogP contribution in [0, 0.1) is 6.92 Å². The molecule has 0 unspecified atom stereocenters. The van der Waals surface area contributed by atoms with E-state index in [1.54, 1.807) is 0 Å². The van der Waals surface area contributed by atoms with Gasteiger partial charge in [0.25, 0.3) is 0 Å². The first-order valence-electron chi connectivity index (χ1n) is 5.60. The van der Waals surface area contributed by atoms with Gasteiger partial charge >= 0.3 is 0 Å². The van der Waals surface area contributed by atoms with Gasteiger partial charge in [0.05, 0.1) is 0 Å². The molecule has 2 aromatic rings. The van der Waals surface area contributed by atoms with Crippen LogP contribution in [-0.2, 0) is 6.42 Å². The largest absolute Gasteiger partial charge is 0.388 e. The molecule has 2 aromatic carbocycles. The number of aryl methyl sites for hydroxylation is 1. The molecule has 0 aliphatic heterocycles. The number of nitrogens with one attached hydrogen (secondary N) is 1. The molecule has 16 heavy (non-hydrogen) atoms. The normalized spacial score (nSPS) is 10.1. The number of anilines is 1. The van der Waals surface area contributed by atoms with Gasteiger partial charge in [-0.1, -0.05) is 42.0 Å². The Kier molecular flexibility index (Phi) is 3.25. The van der Waals surface area contributed by atoms with Crippen molar-refractivity contribution < 1.29 is 0 Å². The van der Waals surface area contributed by atoms with Crippen LogP contribution in [0.4, 0.5) is 5.69 Å². The van der Waals surface area contributed by atoms with E-state index in [0.717, 1.165) is 6.42 Å². The molecule has 0 saturated carbocycles. The van der Waals surface area contributed by atoms with E-state index in [0.29, 0.717) is 0 Å². The van der Waals surface area contributed by atoms with Gasteiger partial charge in [-0.15, -0.1) is 0 Å². The van der Waals surface area contributed by atoms with Crippen molar-refractivity contribution in [2.45, 2.75) is 13.3 Å². The third-order valence-electron chi connectivity index (χ3n) is 2.74. The highest BCUT2D eigenvalue weighted by molar-refractivity contribution is 5.46. The van der Waals surface area contributed by atoms with Crippen LogP contribution >= 0.6 is 0 Å². The molecular weight excluding hydrogens is 194 g/mol. The second-order valence-corrected chi connectivity index (χ2v) is 4.11. The minimum absolute atomic E-state index is 0.996. The number of benzene rings is 2. The zero-order valence-corrected chi connectivity index (χ0v) is 9.83. The molecule has 2 rings (SSSR count). The standard InChI is InChI=1S/C15H17N/c1-12-6-8-13(9-7-12)10-14-4-3-5-15(11-14)16-2/h3-9,11,16H,10H2,1-2H3. The molecule has 0 radical (unpaired) electrons. The highest BCUT2D eigenvalue weighted by atomic mass is 14.8. The van der Waals surface area contributed by atoms with Gasteiger partial charge < -0.3 is 5.32 Å². The van der Waals surface area contributed by atoms with E-state index >= 15 is 0 Å². The van der Waals surface area contributed by atoms with E-state index in [-0.39, 0.29) is 0 Å². The monoisotopic (exact) mass is 211 g/mol. The van der Waals surface area contributed by atoms with Crippen LogP contribution in [-0.4, -0.2) is 7.05 Å². The van der Waals surface area contributed by atoms with Gasteiger partial charge in [-0.05, 0) is 36.6 Å². The van der Waals surface area contributed by atoms with Crippen LogP contribution in [0.2, 0.25) is 0 Å². The van der Waals surface area contributed by atoms with Gasteiger partial charge in [0.1, 0.15) is 0 Å². The Hall–Kier alpha value is -1.76. The molecule has 0 amide bonds. The predicted molar refractivity (Wildman–Crippen MR) is 70.0 cm³/mol. The second-order valence-electron chi connectivity index (χ2n) is 4.11. The van der Waals surface area contributed by atoms with E-state index in [1.165, 1.54) is 22.4 Å². The Balaban J connectivity index is 2.16. The van der Waals surface area contributed by atoms with Gasteiger partial charge in [0.15, 0.2) is 0 Å². The van der Waals surface area contributed by atoms with Gasteiger partial charge in [0.2, 0.25) is 0 Å². The lowest BCUT2D eigenvalue weighted by molar-refractivity contribution is 1.19. The number of rotatable bonds is 3. The molecule has 0 heterocycles. The number of hydrogen-bond acceptors (Lipinski definition) is 1. The molecule has 1 nitrogen and oxygen atoms in total. The Morgan fingerprint density at radius 1 is 0.938 bits per heavy atom. The smallest absolute Gasteiger partial charge is 0.0340 e. The van der Waals surface area contributed by atoms with Crippen molar-refractivity contribution in [2.24, 2.45) is 0 Å². The van der Waals surface area contributed by atoms with Crippen LogP contribution in [0.15, 0.2) is 48.5 Å². The van der Waals surface area contributed by atoms with Crippen molar-refractivity contribution in [1.82, 2.24) is 0 Å². The predicted octanol–water partition coefficient (Wildman–Crippen LogP) is 3.63. The summed E-state index contributed by atoms with van der Waals surface area (Å²) in [6.45, 7) is 2.12. The summed E-state index contributed by atoms with van der Waals surface area (Å²) in [6.07, 6.45) is 0.996. The van der Waals surface area contributed by atoms with Crippen LogP contribution < -0.4 is 5.32 Å². The molecule has 0 bridgehead atoms. The minimum Gasteiger partial charge on any atom is -0.388 e. The van der Waals surface area contributed by atoms with Crippen LogP contribution in [0.1, 0.15) is 16.7 Å². The Bertz CT molecular complexity index is 457. The Morgan fingerprint density at radius 3 is 2.38 bits per heavy atom. The summed E-state index contributed by atoms with van der Waals surface area (Å²) in [5.41, 5.74) is 5.19. The summed E-state index contributed by atoms with van der Waals surface area (Å²) in [7, 11) is 1.95. The third-order valence-corrected chi connectivity index (χ3v) is 2.74. The lowest BCUT2D eigenvalue weighted by Crippen LogP contribution is -1.92. The summed E-state index contributed by atoms with van der Waals surface area (Å²) >= 11 is 0. The van der Waals surface area contributed by atoms with Crippen molar-refractivity contribution >= 4 is 5.69 Å². The molecule has 1 heteroatoms. The highest BCUT2D eigenvalue weighted by Crippen LogP contribution is 2.14. The van der Waals surface area contributed by atoms with Crippen molar-refractivity contribution in [2.75, 3.05) is 12.4 Å². The maximum Gasteiger partial charge on any atom is 0.0340 e. The average Bonchev–Trinajstić information content (AvgIpc) is 2.32. The topological polar surface area (TPSA) is 12.0 Å². The van der Waals surface area contributed by atoms with E-state index < -0.39 is 0 Å². The van der Waals surface area contributed by atoms with Gasteiger partial charge in [-0.3, -0.25) is 0 Å². The van der Waals surface area contributed by atoms with Crippen molar-refractivity contribution in [1.29, 1.82) is 0 Å². The van der Waals surface area contributed by atoms with Gasteiger partial charge in [0, 0.05) is 12.7 Å². The summed E-state index contributed by atoms with van der Waals surface area (Å²) < 4.78 is 0. The molecule has 1 N–H and O–H groups in total. The first-order valence-corrected chi connectivity index (χ1v) is 5.60. The molecule has 0 spiro atoms. The molecule has 82 valence electrons. The first-order chi connectivity index (χ1) is 7.78. The van der Waals surface area contributed by atoms with Crippen LogP contribution in [0.25, 0.3) is 0 Å². The van der Waals surface area contributed by atoms with Crippen LogP contribution in [0.3, 0.4) is 0 Å². The molecule has 0 aromatic heterocycles. The highest BCUT2D eigenvalue weighted by Gasteiger charge is 1.97. The minimum atomic E-state index is 0.996. The van der Waals surface area contributed by atoms with E-state index in [9.17, 15) is 0 Å². The van der Waals surface area contributed by atoms with Crippen molar-refractivity contribution in [3.63, 3.8) is 0 Å². The molecular formula is C15H17N. The average molecular weight is 211 g/mol. The summed E-state index contributed by atoms with van der Waals surface area (Å²) in [5.74, 6) is 0. The van der Waals surface area contributed by atoms with E-state index in [4.69, 9.17) is 0 Å². The maximum absolute atomic E-state index is 3.16. The summed E-state index contributed by atoms with van der Waals surface area (Å²) in [4.78, 5) is 0. The first kappa shape index (κ1) is 10.7. The van der Waals surface area contributed by atoms with Crippen LogP contribution in [0.5, 0.6) is 0 Å². The molecule has 0 fully saturated rings. The Labute approximate surface area is 97.1 Å². The molecule has 0 aliphatic rings. The molecule has 0 aliphatic carbocycles. The number of hydrogen-bond donors (Lipinski definition) is 1. The molecule has 0 saturated heterocycles. The quantitative estimate of drug-likeness (QED) is 0.817. The zero-order valence-electron chi connectivity index (χ0n) is 9.83. The SMILES string of the molecule is CNc1cccc(Cc2ccc(C)cc2)c1. The molecule has 0 atom stereocenters. The summed E-state index contributed by atoms with van der Waals surface area (Å²) in [5, 5.41) is 3.16.